The maximum absolute atomic E-state index is 11.8. The van der Waals surface area contributed by atoms with Crippen LogP contribution in [0.2, 0.25) is 0 Å². The lowest BCUT2D eigenvalue weighted by atomic mass is 10.1. The molecule has 1 aliphatic heterocycles. The summed E-state index contributed by atoms with van der Waals surface area (Å²) in [5.41, 5.74) is 0.583. The van der Waals surface area contributed by atoms with Gasteiger partial charge >= 0.3 is 0 Å². The molecule has 0 aliphatic carbocycles. The zero-order valence-corrected chi connectivity index (χ0v) is 11.3. The van der Waals surface area contributed by atoms with Crippen LogP contribution in [0.15, 0.2) is 12.4 Å². The average molecular weight is 290 g/mol. The first kappa shape index (κ1) is 13.2. The normalized spacial score (nSPS) is 20.4. The lowest BCUT2D eigenvalue weighted by Gasteiger charge is -2.15. The highest BCUT2D eigenvalue weighted by Crippen LogP contribution is 2.25. The van der Waals surface area contributed by atoms with Crippen molar-refractivity contribution in [3.63, 3.8) is 0 Å². The zero-order valence-electron chi connectivity index (χ0n) is 9.71. The Bertz CT molecular complexity index is 558. The smallest absolute Gasteiger partial charge is 0.232 e. The number of hydrogen-bond donors (Lipinski definition) is 0. The molecule has 1 aromatic heterocycles. The Morgan fingerprint density at radius 3 is 2.61 bits per heavy atom. The van der Waals surface area contributed by atoms with E-state index in [4.69, 9.17) is 10.7 Å². The molecule has 1 amide bonds. The number of rotatable bonds is 3. The van der Waals surface area contributed by atoms with Crippen LogP contribution in [0, 0.1) is 12.8 Å². The van der Waals surface area contributed by atoms with E-state index in [0.29, 0.717) is 18.1 Å². The van der Waals surface area contributed by atoms with Crippen LogP contribution in [-0.4, -0.2) is 36.6 Å². The Balaban J connectivity index is 2.12. The number of hydrogen-bond acceptors (Lipinski definition) is 5. The van der Waals surface area contributed by atoms with Gasteiger partial charge in [-0.3, -0.25) is 4.79 Å². The summed E-state index contributed by atoms with van der Waals surface area (Å²) in [5, 5.41) is 0. The molecule has 1 saturated heterocycles. The van der Waals surface area contributed by atoms with Gasteiger partial charge in [0.25, 0.3) is 0 Å². The first-order chi connectivity index (χ1) is 8.35. The summed E-state index contributed by atoms with van der Waals surface area (Å²) in [4.78, 5) is 21.3. The Hall–Kier alpha value is -1.21. The molecule has 2 heterocycles. The standard InChI is InChI=1S/C10H12ClN3O3S/c1-7-12-3-9(4-13-7)14-5-8(2-10(14)15)6-18(11,16)17/h3-4,8H,2,5-6H2,1H3. The van der Waals surface area contributed by atoms with E-state index in [1.807, 2.05) is 0 Å². The summed E-state index contributed by atoms with van der Waals surface area (Å²) in [6.45, 7) is 2.08. The topological polar surface area (TPSA) is 80.2 Å². The second-order valence-electron chi connectivity index (χ2n) is 4.27. The van der Waals surface area contributed by atoms with Crippen LogP contribution in [0.5, 0.6) is 0 Å². The molecule has 6 nitrogen and oxygen atoms in total. The second kappa shape index (κ2) is 4.81. The molecule has 1 aromatic rings. The van der Waals surface area contributed by atoms with Crippen molar-refractivity contribution < 1.29 is 13.2 Å². The third-order valence-electron chi connectivity index (χ3n) is 2.72. The summed E-state index contributed by atoms with van der Waals surface area (Å²) < 4.78 is 22.0. The lowest BCUT2D eigenvalue weighted by molar-refractivity contribution is -0.117. The highest BCUT2D eigenvalue weighted by molar-refractivity contribution is 8.13. The summed E-state index contributed by atoms with van der Waals surface area (Å²) in [6.07, 6.45) is 3.29. The molecule has 1 atom stereocenters. The minimum Gasteiger partial charge on any atom is -0.309 e. The van der Waals surface area contributed by atoms with E-state index >= 15 is 0 Å². The third-order valence-corrected chi connectivity index (χ3v) is 3.97. The van der Waals surface area contributed by atoms with Crippen LogP contribution in [0.3, 0.4) is 0 Å². The maximum Gasteiger partial charge on any atom is 0.232 e. The van der Waals surface area contributed by atoms with Crippen LogP contribution >= 0.6 is 10.7 Å². The van der Waals surface area contributed by atoms with Crippen LogP contribution in [0.4, 0.5) is 5.69 Å². The number of aryl methyl sites for hydroxylation is 1. The number of halogens is 1. The minimum atomic E-state index is -3.58. The van der Waals surface area contributed by atoms with Crippen LogP contribution in [0.25, 0.3) is 0 Å². The van der Waals surface area contributed by atoms with Crippen molar-refractivity contribution in [2.45, 2.75) is 13.3 Å². The molecule has 0 spiro atoms. The second-order valence-corrected chi connectivity index (χ2v) is 7.09. The first-order valence-electron chi connectivity index (χ1n) is 5.36. The number of aromatic nitrogens is 2. The van der Waals surface area contributed by atoms with E-state index < -0.39 is 9.05 Å². The van der Waals surface area contributed by atoms with Gasteiger partial charge < -0.3 is 4.90 Å². The van der Waals surface area contributed by atoms with Crippen molar-refractivity contribution in [1.29, 1.82) is 0 Å². The number of amides is 1. The summed E-state index contributed by atoms with van der Waals surface area (Å²) >= 11 is 0. The van der Waals surface area contributed by atoms with E-state index in [0.717, 1.165) is 0 Å². The number of carbonyl (C=O) groups excluding carboxylic acids is 1. The molecular formula is C10H12ClN3O3S. The predicted molar refractivity (Wildman–Crippen MR) is 66.9 cm³/mol. The summed E-state index contributed by atoms with van der Waals surface area (Å²) in [7, 11) is 1.61. The molecule has 18 heavy (non-hydrogen) atoms. The van der Waals surface area contributed by atoms with E-state index in [2.05, 4.69) is 9.97 Å². The van der Waals surface area contributed by atoms with Gasteiger partial charge in [0.15, 0.2) is 0 Å². The monoisotopic (exact) mass is 289 g/mol. The molecule has 0 saturated carbocycles. The van der Waals surface area contributed by atoms with E-state index in [-0.39, 0.29) is 24.0 Å². The van der Waals surface area contributed by atoms with Crippen molar-refractivity contribution in [1.82, 2.24) is 9.97 Å². The van der Waals surface area contributed by atoms with Gasteiger partial charge in [0, 0.05) is 29.6 Å². The molecule has 8 heteroatoms. The molecule has 2 rings (SSSR count). The van der Waals surface area contributed by atoms with Gasteiger partial charge in [-0.2, -0.15) is 0 Å². The molecular weight excluding hydrogens is 278 g/mol. The van der Waals surface area contributed by atoms with Gasteiger partial charge in [0.05, 0.1) is 23.8 Å². The Morgan fingerprint density at radius 2 is 2.06 bits per heavy atom. The zero-order chi connectivity index (χ0) is 13.3. The molecule has 98 valence electrons. The number of carbonyl (C=O) groups is 1. The molecule has 0 N–H and O–H groups in total. The highest BCUT2D eigenvalue weighted by atomic mass is 35.7. The van der Waals surface area contributed by atoms with Gasteiger partial charge in [-0.25, -0.2) is 18.4 Å². The van der Waals surface area contributed by atoms with Crippen molar-refractivity contribution in [3.05, 3.63) is 18.2 Å². The molecule has 1 fully saturated rings. The fraction of sp³-hybridized carbons (Fsp3) is 0.500. The van der Waals surface area contributed by atoms with Crippen molar-refractivity contribution in [2.24, 2.45) is 5.92 Å². The highest BCUT2D eigenvalue weighted by Gasteiger charge is 2.33. The molecule has 0 radical (unpaired) electrons. The van der Waals surface area contributed by atoms with Crippen LogP contribution in [-0.2, 0) is 13.8 Å². The van der Waals surface area contributed by atoms with Crippen molar-refractivity contribution in [2.75, 3.05) is 17.2 Å². The Kier molecular flexibility index (Phi) is 3.54. The van der Waals surface area contributed by atoms with Crippen LogP contribution < -0.4 is 4.90 Å². The van der Waals surface area contributed by atoms with Gasteiger partial charge in [-0.1, -0.05) is 0 Å². The van der Waals surface area contributed by atoms with Crippen LogP contribution in [0.1, 0.15) is 12.2 Å². The fourth-order valence-electron chi connectivity index (χ4n) is 1.95. The van der Waals surface area contributed by atoms with E-state index in [1.54, 1.807) is 19.3 Å². The summed E-state index contributed by atoms with van der Waals surface area (Å²) in [6, 6.07) is 0. The van der Waals surface area contributed by atoms with E-state index in [9.17, 15) is 13.2 Å². The van der Waals surface area contributed by atoms with Gasteiger partial charge in [0.2, 0.25) is 15.0 Å². The minimum absolute atomic E-state index is 0.132. The number of anilines is 1. The van der Waals surface area contributed by atoms with Crippen molar-refractivity contribution in [3.8, 4) is 0 Å². The van der Waals surface area contributed by atoms with Gasteiger partial charge in [0.1, 0.15) is 5.82 Å². The van der Waals surface area contributed by atoms with Gasteiger partial charge in [-0.15, -0.1) is 0 Å². The molecule has 0 aromatic carbocycles. The third kappa shape index (κ3) is 3.17. The average Bonchev–Trinajstić information content (AvgIpc) is 2.58. The van der Waals surface area contributed by atoms with Gasteiger partial charge in [-0.05, 0) is 6.92 Å². The first-order valence-corrected chi connectivity index (χ1v) is 7.84. The molecule has 1 unspecified atom stereocenters. The quantitative estimate of drug-likeness (QED) is 0.766. The Labute approximate surface area is 109 Å². The molecule has 0 bridgehead atoms. The predicted octanol–water partition coefficient (Wildman–Crippen LogP) is 0.707. The van der Waals surface area contributed by atoms with Crippen molar-refractivity contribution >= 4 is 31.3 Å². The molecule has 1 aliphatic rings. The van der Waals surface area contributed by atoms with E-state index in [1.165, 1.54) is 4.90 Å². The Morgan fingerprint density at radius 1 is 1.44 bits per heavy atom. The number of nitrogens with zero attached hydrogens (tertiary/aromatic N) is 3. The fourth-order valence-corrected chi connectivity index (χ4v) is 3.27. The lowest BCUT2D eigenvalue weighted by Crippen LogP contribution is -2.25. The SMILES string of the molecule is Cc1ncc(N2CC(CS(=O)(=O)Cl)CC2=O)cn1. The summed E-state index contributed by atoms with van der Waals surface area (Å²) in [5.74, 6) is 0.0168. The largest absolute Gasteiger partial charge is 0.309 e. The maximum atomic E-state index is 11.8.